The molecule has 2 atom stereocenters. The molecule has 0 unspecified atom stereocenters. The third-order valence-electron chi connectivity index (χ3n) is 5.58. The van der Waals surface area contributed by atoms with Crippen LogP contribution in [0.5, 0.6) is 0 Å². The Bertz CT molecular complexity index is 817. The van der Waals surface area contributed by atoms with Crippen LogP contribution in [0.2, 0.25) is 0 Å². The van der Waals surface area contributed by atoms with Crippen LogP contribution in [0.3, 0.4) is 0 Å². The molecular weight excluding hydrogens is 360 g/mol. The van der Waals surface area contributed by atoms with E-state index in [0.717, 1.165) is 24.0 Å². The number of aryl methyl sites for hydroxylation is 2. The van der Waals surface area contributed by atoms with E-state index in [-0.39, 0.29) is 17.9 Å². The first kappa shape index (κ1) is 22.7. The largest absolute Gasteiger partial charge is 0.352 e. The van der Waals surface area contributed by atoms with Crippen LogP contribution in [0.4, 0.5) is 0 Å². The van der Waals surface area contributed by atoms with E-state index in [9.17, 15) is 9.59 Å². The van der Waals surface area contributed by atoms with Crippen LogP contribution in [0.25, 0.3) is 0 Å². The van der Waals surface area contributed by atoms with Gasteiger partial charge in [0.1, 0.15) is 6.04 Å². The number of carbonyl (C=O) groups excluding carboxylic acids is 2. The molecule has 0 spiro atoms. The summed E-state index contributed by atoms with van der Waals surface area (Å²) in [6.45, 7) is 10.5. The first-order valence-electron chi connectivity index (χ1n) is 10.5. The van der Waals surface area contributed by atoms with Gasteiger partial charge >= 0.3 is 0 Å². The topological polar surface area (TPSA) is 49.4 Å². The van der Waals surface area contributed by atoms with Crippen molar-refractivity contribution >= 4 is 11.8 Å². The van der Waals surface area contributed by atoms with E-state index >= 15 is 0 Å². The number of benzene rings is 2. The lowest BCUT2D eigenvalue weighted by atomic mass is 10.0. The number of hydrogen-bond donors (Lipinski definition) is 1. The molecule has 0 aliphatic carbocycles. The molecule has 2 aromatic carbocycles. The smallest absolute Gasteiger partial charge is 0.242 e. The van der Waals surface area contributed by atoms with Gasteiger partial charge in [-0.05, 0) is 62.8 Å². The molecule has 0 saturated carbocycles. The summed E-state index contributed by atoms with van der Waals surface area (Å²) in [6, 6.07) is 15.8. The number of amides is 2. The van der Waals surface area contributed by atoms with Crippen LogP contribution in [-0.4, -0.2) is 35.3 Å². The van der Waals surface area contributed by atoms with Crippen molar-refractivity contribution in [3.63, 3.8) is 0 Å². The lowest BCUT2D eigenvalue weighted by Gasteiger charge is -2.30. The minimum absolute atomic E-state index is 0.0176. The van der Waals surface area contributed by atoms with E-state index < -0.39 is 6.04 Å². The standard InChI is InChI=1S/C25H34N2O2/c1-6-20(4)26-25(29)21(5)27(15-14-22-10-8-7-9-11-22)24(28)17-23-13-12-18(2)19(3)16-23/h7-13,16,20-21H,6,14-15,17H2,1-5H3,(H,26,29)/t20-,21+/m0/s1. The molecule has 0 aliphatic rings. The number of hydrogen-bond acceptors (Lipinski definition) is 2. The zero-order valence-electron chi connectivity index (χ0n) is 18.4. The Morgan fingerprint density at radius 3 is 2.28 bits per heavy atom. The Morgan fingerprint density at radius 1 is 0.966 bits per heavy atom. The molecular formula is C25H34N2O2. The molecule has 0 heterocycles. The lowest BCUT2D eigenvalue weighted by Crippen LogP contribution is -2.50. The summed E-state index contributed by atoms with van der Waals surface area (Å²) >= 11 is 0. The summed E-state index contributed by atoms with van der Waals surface area (Å²) < 4.78 is 0. The zero-order chi connectivity index (χ0) is 21.4. The average molecular weight is 395 g/mol. The van der Waals surface area contributed by atoms with Gasteiger partial charge in [-0.15, -0.1) is 0 Å². The van der Waals surface area contributed by atoms with Crippen LogP contribution >= 0.6 is 0 Å². The highest BCUT2D eigenvalue weighted by molar-refractivity contribution is 5.88. The van der Waals surface area contributed by atoms with Gasteiger partial charge in [-0.25, -0.2) is 0 Å². The van der Waals surface area contributed by atoms with Crippen molar-refractivity contribution in [1.29, 1.82) is 0 Å². The highest BCUT2D eigenvalue weighted by Gasteiger charge is 2.26. The van der Waals surface area contributed by atoms with Gasteiger partial charge in [0.05, 0.1) is 6.42 Å². The van der Waals surface area contributed by atoms with E-state index in [1.165, 1.54) is 11.1 Å². The fourth-order valence-corrected chi connectivity index (χ4v) is 3.23. The monoisotopic (exact) mass is 394 g/mol. The molecule has 0 fully saturated rings. The van der Waals surface area contributed by atoms with Crippen LogP contribution in [0.1, 0.15) is 49.4 Å². The minimum atomic E-state index is -0.508. The second-order valence-electron chi connectivity index (χ2n) is 7.91. The Kier molecular flexibility index (Phi) is 8.44. The van der Waals surface area contributed by atoms with Crippen LogP contribution in [0, 0.1) is 13.8 Å². The maximum absolute atomic E-state index is 13.2. The predicted octanol–water partition coefficient (Wildman–Crippen LogP) is 4.22. The third-order valence-corrected chi connectivity index (χ3v) is 5.58. The molecule has 4 nitrogen and oxygen atoms in total. The van der Waals surface area contributed by atoms with E-state index in [0.29, 0.717) is 13.0 Å². The number of rotatable bonds is 9. The van der Waals surface area contributed by atoms with Crippen LogP contribution in [-0.2, 0) is 22.4 Å². The maximum atomic E-state index is 13.2. The minimum Gasteiger partial charge on any atom is -0.352 e. The summed E-state index contributed by atoms with van der Waals surface area (Å²) in [5, 5.41) is 3.01. The average Bonchev–Trinajstić information content (AvgIpc) is 2.71. The van der Waals surface area contributed by atoms with E-state index in [1.54, 1.807) is 4.90 Å². The first-order valence-corrected chi connectivity index (χ1v) is 10.5. The van der Waals surface area contributed by atoms with Gasteiger partial charge in [0.15, 0.2) is 0 Å². The van der Waals surface area contributed by atoms with E-state index in [1.807, 2.05) is 51.1 Å². The summed E-state index contributed by atoms with van der Waals surface area (Å²) in [7, 11) is 0. The van der Waals surface area contributed by atoms with Crippen molar-refractivity contribution in [2.75, 3.05) is 6.54 Å². The Balaban J connectivity index is 2.16. The number of nitrogens with one attached hydrogen (secondary N) is 1. The summed E-state index contributed by atoms with van der Waals surface area (Å²) in [5.41, 5.74) is 4.53. The van der Waals surface area contributed by atoms with Gasteiger partial charge in [0.2, 0.25) is 11.8 Å². The van der Waals surface area contributed by atoms with Crippen molar-refractivity contribution < 1.29 is 9.59 Å². The lowest BCUT2D eigenvalue weighted by molar-refractivity contribution is -0.139. The summed E-state index contributed by atoms with van der Waals surface area (Å²) in [4.78, 5) is 27.6. The number of nitrogens with zero attached hydrogens (tertiary/aromatic N) is 1. The summed E-state index contributed by atoms with van der Waals surface area (Å²) in [5.74, 6) is -0.114. The molecule has 1 N–H and O–H groups in total. The van der Waals surface area contributed by atoms with Gasteiger partial charge in [0.25, 0.3) is 0 Å². The molecule has 2 amide bonds. The third kappa shape index (κ3) is 6.74. The molecule has 156 valence electrons. The summed E-state index contributed by atoms with van der Waals surface area (Å²) in [6.07, 6.45) is 1.89. The zero-order valence-corrected chi connectivity index (χ0v) is 18.4. The SMILES string of the molecule is CC[C@H](C)NC(=O)[C@@H](C)N(CCc1ccccc1)C(=O)Cc1ccc(C)c(C)c1. The van der Waals surface area contributed by atoms with Crippen molar-refractivity contribution in [2.45, 2.75) is 66.0 Å². The van der Waals surface area contributed by atoms with Crippen molar-refractivity contribution in [3.8, 4) is 0 Å². The van der Waals surface area contributed by atoms with E-state index in [2.05, 4.69) is 37.4 Å². The van der Waals surface area contributed by atoms with Gasteiger partial charge in [-0.2, -0.15) is 0 Å². The van der Waals surface area contributed by atoms with Crippen molar-refractivity contribution in [2.24, 2.45) is 0 Å². The quantitative estimate of drug-likeness (QED) is 0.692. The molecule has 0 aliphatic heterocycles. The normalized spacial score (nSPS) is 12.9. The second-order valence-corrected chi connectivity index (χ2v) is 7.91. The van der Waals surface area contributed by atoms with Crippen LogP contribution < -0.4 is 5.32 Å². The highest BCUT2D eigenvalue weighted by Crippen LogP contribution is 2.13. The predicted molar refractivity (Wildman–Crippen MR) is 119 cm³/mol. The van der Waals surface area contributed by atoms with Crippen LogP contribution in [0.15, 0.2) is 48.5 Å². The molecule has 4 heteroatoms. The first-order chi connectivity index (χ1) is 13.8. The van der Waals surface area contributed by atoms with Crippen molar-refractivity contribution in [1.82, 2.24) is 10.2 Å². The Morgan fingerprint density at radius 2 is 1.66 bits per heavy atom. The Hall–Kier alpha value is -2.62. The van der Waals surface area contributed by atoms with Gasteiger partial charge < -0.3 is 10.2 Å². The maximum Gasteiger partial charge on any atom is 0.242 e. The fraction of sp³-hybridized carbons (Fsp3) is 0.440. The second kappa shape index (κ2) is 10.8. The molecule has 0 bridgehead atoms. The molecule has 29 heavy (non-hydrogen) atoms. The Labute approximate surface area is 175 Å². The molecule has 0 aromatic heterocycles. The highest BCUT2D eigenvalue weighted by atomic mass is 16.2. The molecule has 2 aromatic rings. The molecule has 0 radical (unpaired) electrons. The van der Waals surface area contributed by atoms with Gasteiger partial charge in [-0.3, -0.25) is 9.59 Å². The number of carbonyl (C=O) groups is 2. The molecule has 2 rings (SSSR count). The van der Waals surface area contributed by atoms with Gasteiger partial charge in [-0.1, -0.05) is 55.5 Å². The van der Waals surface area contributed by atoms with Crippen molar-refractivity contribution in [3.05, 3.63) is 70.8 Å². The fourth-order valence-electron chi connectivity index (χ4n) is 3.23. The molecule has 0 saturated heterocycles. The van der Waals surface area contributed by atoms with Gasteiger partial charge in [0, 0.05) is 12.6 Å². The van der Waals surface area contributed by atoms with E-state index in [4.69, 9.17) is 0 Å².